The minimum atomic E-state index is -0.847. The SMILES string of the molecule is NCC(=O)N1CCCC(OCC(O)CO)C1. The van der Waals surface area contributed by atoms with Gasteiger partial charge in [-0.15, -0.1) is 0 Å². The van der Waals surface area contributed by atoms with Crippen LogP contribution in [-0.2, 0) is 9.53 Å². The molecule has 1 fully saturated rings. The Labute approximate surface area is 95.0 Å². The highest BCUT2D eigenvalue weighted by atomic mass is 16.5. The molecule has 0 aliphatic carbocycles. The number of rotatable bonds is 5. The maximum absolute atomic E-state index is 11.4. The quantitative estimate of drug-likeness (QED) is 0.525. The van der Waals surface area contributed by atoms with Gasteiger partial charge >= 0.3 is 0 Å². The van der Waals surface area contributed by atoms with Gasteiger partial charge in [-0.2, -0.15) is 0 Å². The molecule has 0 spiro atoms. The normalized spacial score (nSPS) is 23.2. The number of amides is 1. The zero-order valence-electron chi connectivity index (χ0n) is 9.34. The van der Waals surface area contributed by atoms with Crippen LogP contribution >= 0.6 is 0 Å². The van der Waals surface area contributed by atoms with E-state index in [2.05, 4.69) is 0 Å². The maximum atomic E-state index is 11.4. The second-order valence-corrected chi connectivity index (χ2v) is 3.98. The van der Waals surface area contributed by atoms with E-state index in [0.29, 0.717) is 6.54 Å². The Kier molecular flexibility index (Phi) is 5.68. The topological polar surface area (TPSA) is 96.0 Å². The average molecular weight is 232 g/mol. The molecular formula is C10H20N2O4. The van der Waals surface area contributed by atoms with E-state index in [1.54, 1.807) is 4.90 Å². The van der Waals surface area contributed by atoms with Crippen molar-refractivity contribution in [2.75, 3.05) is 32.8 Å². The number of carbonyl (C=O) groups excluding carboxylic acids is 1. The van der Waals surface area contributed by atoms with Gasteiger partial charge in [-0.1, -0.05) is 0 Å². The molecule has 0 aromatic heterocycles. The molecule has 16 heavy (non-hydrogen) atoms. The second kappa shape index (κ2) is 6.80. The van der Waals surface area contributed by atoms with Gasteiger partial charge in [-0.3, -0.25) is 4.79 Å². The van der Waals surface area contributed by atoms with Gasteiger partial charge in [-0.25, -0.2) is 0 Å². The number of nitrogens with two attached hydrogens (primary N) is 1. The molecule has 0 radical (unpaired) electrons. The number of hydrogen-bond donors (Lipinski definition) is 3. The molecule has 2 unspecified atom stereocenters. The van der Waals surface area contributed by atoms with Crippen LogP contribution in [0.3, 0.4) is 0 Å². The number of nitrogens with zero attached hydrogens (tertiary/aromatic N) is 1. The summed E-state index contributed by atoms with van der Waals surface area (Å²) in [4.78, 5) is 13.0. The van der Waals surface area contributed by atoms with Gasteiger partial charge in [0.1, 0.15) is 6.10 Å². The number of aliphatic hydroxyl groups excluding tert-OH is 2. The molecule has 0 bridgehead atoms. The average Bonchev–Trinajstić information content (AvgIpc) is 2.35. The molecule has 0 aromatic rings. The zero-order chi connectivity index (χ0) is 12.0. The largest absolute Gasteiger partial charge is 0.394 e. The van der Waals surface area contributed by atoms with E-state index in [1.165, 1.54) is 0 Å². The third-order valence-electron chi connectivity index (χ3n) is 2.64. The van der Waals surface area contributed by atoms with Gasteiger partial charge in [-0.05, 0) is 12.8 Å². The molecule has 1 aliphatic rings. The van der Waals surface area contributed by atoms with Gasteiger partial charge < -0.3 is 25.6 Å². The Morgan fingerprint density at radius 3 is 3.00 bits per heavy atom. The minimum absolute atomic E-state index is 0.0198. The van der Waals surface area contributed by atoms with Crippen LogP contribution in [0.4, 0.5) is 0 Å². The van der Waals surface area contributed by atoms with Crippen molar-refractivity contribution in [1.82, 2.24) is 4.90 Å². The Morgan fingerprint density at radius 2 is 2.38 bits per heavy atom. The van der Waals surface area contributed by atoms with Gasteiger partial charge in [0.25, 0.3) is 0 Å². The molecule has 6 heteroatoms. The van der Waals surface area contributed by atoms with Crippen LogP contribution in [0.25, 0.3) is 0 Å². The van der Waals surface area contributed by atoms with E-state index < -0.39 is 6.10 Å². The van der Waals surface area contributed by atoms with E-state index in [-0.39, 0.29) is 31.8 Å². The van der Waals surface area contributed by atoms with Crippen molar-refractivity contribution >= 4 is 5.91 Å². The Bertz CT molecular complexity index is 225. The van der Waals surface area contributed by atoms with Gasteiger partial charge in [0.15, 0.2) is 0 Å². The Balaban J connectivity index is 2.30. The second-order valence-electron chi connectivity index (χ2n) is 3.98. The summed E-state index contributed by atoms with van der Waals surface area (Å²) in [6.45, 7) is 1.06. The summed E-state index contributed by atoms with van der Waals surface area (Å²) in [5.74, 6) is -0.0731. The third kappa shape index (κ3) is 4.05. The molecule has 1 saturated heterocycles. The lowest BCUT2D eigenvalue weighted by molar-refractivity contribution is -0.134. The molecule has 1 rings (SSSR count). The first-order valence-electron chi connectivity index (χ1n) is 5.55. The van der Waals surface area contributed by atoms with Crippen molar-refractivity contribution in [2.24, 2.45) is 5.73 Å². The zero-order valence-corrected chi connectivity index (χ0v) is 9.34. The van der Waals surface area contributed by atoms with Crippen LogP contribution in [0.2, 0.25) is 0 Å². The summed E-state index contributed by atoms with van der Waals surface area (Å²) < 4.78 is 5.42. The van der Waals surface area contributed by atoms with Crippen molar-refractivity contribution < 1.29 is 19.7 Å². The van der Waals surface area contributed by atoms with Crippen LogP contribution in [0, 0.1) is 0 Å². The predicted molar refractivity (Wildman–Crippen MR) is 57.7 cm³/mol. The molecule has 2 atom stereocenters. The van der Waals surface area contributed by atoms with E-state index in [4.69, 9.17) is 20.7 Å². The predicted octanol–water partition coefficient (Wildman–Crippen LogP) is -1.69. The summed E-state index contributed by atoms with van der Waals surface area (Å²) in [5.41, 5.74) is 5.29. The molecule has 6 nitrogen and oxygen atoms in total. The van der Waals surface area contributed by atoms with Crippen LogP contribution in [0.15, 0.2) is 0 Å². The van der Waals surface area contributed by atoms with Crippen LogP contribution in [0.5, 0.6) is 0 Å². The maximum Gasteiger partial charge on any atom is 0.236 e. The highest BCUT2D eigenvalue weighted by molar-refractivity contribution is 5.78. The van der Waals surface area contributed by atoms with E-state index in [1.807, 2.05) is 0 Å². The highest BCUT2D eigenvalue weighted by Gasteiger charge is 2.23. The summed E-state index contributed by atoms with van der Waals surface area (Å²) in [7, 11) is 0. The number of piperidine rings is 1. The van der Waals surface area contributed by atoms with Crippen molar-refractivity contribution in [2.45, 2.75) is 25.0 Å². The van der Waals surface area contributed by atoms with Crippen molar-refractivity contribution in [3.8, 4) is 0 Å². The molecule has 0 saturated carbocycles. The lowest BCUT2D eigenvalue weighted by Gasteiger charge is -2.32. The highest BCUT2D eigenvalue weighted by Crippen LogP contribution is 2.13. The van der Waals surface area contributed by atoms with E-state index in [0.717, 1.165) is 19.4 Å². The van der Waals surface area contributed by atoms with Crippen LogP contribution in [0.1, 0.15) is 12.8 Å². The minimum Gasteiger partial charge on any atom is -0.394 e. The molecule has 1 aliphatic heterocycles. The van der Waals surface area contributed by atoms with Crippen LogP contribution in [-0.4, -0.2) is 66.1 Å². The number of hydrogen-bond acceptors (Lipinski definition) is 5. The summed E-state index contributed by atoms with van der Waals surface area (Å²) in [5, 5.41) is 17.8. The van der Waals surface area contributed by atoms with Gasteiger partial charge in [0.2, 0.25) is 5.91 Å². The number of likely N-dealkylation sites (tertiary alicyclic amines) is 1. The first-order chi connectivity index (χ1) is 7.67. The summed E-state index contributed by atoms with van der Waals surface area (Å²) in [6.07, 6.45) is 0.837. The summed E-state index contributed by atoms with van der Waals surface area (Å²) in [6, 6.07) is 0. The van der Waals surface area contributed by atoms with E-state index >= 15 is 0 Å². The molecule has 94 valence electrons. The van der Waals surface area contributed by atoms with Crippen molar-refractivity contribution in [3.63, 3.8) is 0 Å². The lowest BCUT2D eigenvalue weighted by Crippen LogP contribution is -2.46. The fourth-order valence-corrected chi connectivity index (χ4v) is 1.73. The number of carbonyl (C=O) groups is 1. The summed E-state index contributed by atoms with van der Waals surface area (Å²) >= 11 is 0. The van der Waals surface area contributed by atoms with Gasteiger partial charge in [0, 0.05) is 13.1 Å². The molecule has 1 amide bonds. The standard InChI is InChI=1S/C10H20N2O4/c11-4-10(15)12-3-1-2-9(5-12)16-7-8(14)6-13/h8-9,13-14H,1-7,11H2. The fourth-order valence-electron chi connectivity index (χ4n) is 1.73. The fraction of sp³-hybridized carbons (Fsp3) is 0.900. The lowest BCUT2D eigenvalue weighted by atomic mass is 10.1. The molecular weight excluding hydrogens is 212 g/mol. The first kappa shape index (κ1) is 13.4. The smallest absolute Gasteiger partial charge is 0.236 e. The Morgan fingerprint density at radius 1 is 1.62 bits per heavy atom. The molecule has 0 aromatic carbocycles. The molecule has 4 N–H and O–H groups in total. The van der Waals surface area contributed by atoms with Crippen molar-refractivity contribution in [3.05, 3.63) is 0 Å². The number of ether oxygens (including phenoxy) is 1. The van der Waals surface area contributed by atoms with Crippen molar-refractivity contribution in [1.29, 1.82) is 0 Å². The van der Waals surface area contributed by atoms with Gasteiger partial charge in [0.05, 0.1) is 25.9 Å². The Hall–Kier alpha value is -0.690. The monoisotopic (exact) mass is 232 g/mol. The van der Waals surface area contributed by atoms with Crippen LogP contribution < -0.4 is 5.73 Å². The molecule has 1 heterocycles. The van der Waals surface area contributed by atoms with E-state index in [9.17, 15) is 4.79 Å². The number of aliphatic hydroxyl groups is 2. The third-order valence-corrected chi connectivity index (χ3v) is 2.64. The first-order valence-corrected chi connectivity index (χ1v) is 5.55.